The van der Waals surface area contributed by atoms with E-state index < -0.39 is 0 Å². The van der Waals surface area contributed by atoms with Crippen LogP contribution in [0.2, 0.25) is 0 Å². The average Bonchev–Trinajstić information content (AvgIpc) is 2.40. The van der Waals surface area contributed by atoms with E-state index >= 15 is 0 Å². The minimum absolute atomic E-state index is 0.197. The molecule has 1 aliphatic rings. The SMILES string of the molecule is O=C(OCc1ccccc1)N1CC(NCCCO)C1. The quantitative estimate of drug-likeness (QED) is 0.752. The van der Waals surface area contributed by atoms with Crippen LogP contribution in [0.1, 0.15) is 12.0 Å². The maximum atomic E-state index is 11.7. The second-order valence-corrected chi connectivity index (χ2v) is 4.67. The van der Waals surface area contributed by atoms with Crippen LogP contribution in [0.3, 0.4) is 0 Å². The number of nitrogens with zero attached hydrogens (tertiary/aromatic N) is 1. The summed E-state index contributed by atoms with van der Waals surface area (Å²) in [6.45, 7) is 2.66. The van der Waals surface area contributed by atoms with Gasteiger partial charge in [0.25, 0.3) is 0 Å². The summed E-state index contributed by atoms with van der Waals surface area (Å²) in [6.07, 6.45) is 0.485. The number of likely N-dealkylation sites (tertiary alicyclic amines) is 1. The van der Waals surface area contributed by atoms with Gasteiger partial charge in [-0.2, -0.15) is 0 Å². The van der Waals surface area contributed by atoms with Gasteiger partial charge >= 0.3 is 6.09 Å². The molecule has 0 saturated carbocycles. The van der Waals surface area contributed by atoms with Crippen molar-refractivity contribution in [3.05, 3.63) is 35.9 Å². The van der Waals surface area contributed by atoms with E-state index in [0.29, 0.717) is 25.7 Å². The molecule has 0 atom stereocenters. The highest BCUT2D eigenvalue weighted by atomic mass is 16.6. The third-order valence-corrected chi connectivity index (χ3v) is 3.11. The molecule has 1 aliphatic heterocycles. The van der Waals surface area contributed by atoms with E-state index in [1.165, 1.54) is 0 Å². The van der Waals surface area contributed by atoms with Gasteiger partial charge in [-0.05, 0) is 18.5 Å². The monoisotopic (exact) mass is 264 g/mol. The lowest BCUT2D eigenvalue weighted by Crippen LogP contribution is -2.60. The molecule has 0 aliphatic carbocycles. The van der Waals surface area contributed by atoms with Crippen LogP contribution < -0.4 is 5.32 Å². The molecule has 0 aromatic heterocycles. The van der Waals surface area contributed by atoms with Crippen LogP contribution in [0.25, 0.3) is 0 Å². The molecule has 1 fully saturated rings. The van der Waals surface area contributed by atoms with Crippen molar-refractivity contribution in [2.75, 3.05) is 26.2 Å². The summed E-state index contributed by atoms with van der Waals surface area (Å²) in [7, 11) is 0. The van der Waals surface area contributed by atoms with Crippen molar-refractivity contribution in [1.82, 2.24) is 10.2 Å². The summed E-state index contributed by atoms with van der Waals surface area (Å²) in [4.78, 5) is 13.4. The average molecular weight is 264 g/mol. The van der Waals surface area contributed by atoms with Crippen molar-refractivity contribution >= 4 is 6.09 Å². The van der Waals surface area contributed by atoms with Crippen molar-refractivity contribution in [3.63, 3.8) is 0 Å². The fourth-order valence-electron chi connectivity index (χ4n) is 1.95. The van der Waals surface area contributed by atoms with E-state index in [4.69, 9.17) is 9.84 Å². The molecular formula is C14H20N2O3. The third-order valence-electron chi connectivity index (χ3n) is 3.11. The molecule has 0 bridgehead atoms. The lowest BCUT2D eigenvalue weighted by atomic mass is 10.1. The Labute approximate surface area is 113 Å². The number of carbonyl (C=O) groups excluding carboxylic acids is 1. The Morgan fingerprint density at radius 2 is 2.11 bits per heavy atom. The van der Waals surface area contributed by atoms with Crippen LogP contribution in [0.15, 0.2) is 30.3 Å². The molecule has 5 heteroatoms. The molecule has 2 rings (SSSR count). The van der Waals surface area contributed by atoms with Crippen molar-refractivity contribution in [3.8, 4) is 0 Å². The Kier molecular flexibility index (Phi) is 5.18. The summed E-state index contributed by atoms with van der Waals surface area (Å²) in [6, 6.07) is 9.98. The maximum absolute atomic E-state index is 11.7. The summed E-state index contributed by atoms with van der Waals surface area (Å²) in [5.74, 6) is 0. The normalized spacial score (nSPS) is 15.1. The number of benzene rings is 1. The van der Waals surface area contributed by atoms with Crippen LogP contribution in [0, 0.1) is 0 Å². The van der Waals surface area contributed by atoms with Gasteiger partial charge in [0.1, 0.15) is 6.61 Å². The molecule has 5 nitrogen and oxygen atoms in total. The van der Waals surface area contributed by atoms with Gasteiger partial charge in [0.05, 0.1) is 0 Å². The number of aliphatic hydroxyl groups excluding tert-OH is 1. The molecule has 1 heterocycles. The summed E-state index contributed by atoms with van der Waals surface area (Å²) >= 11 is 0. The summed E-state index contributed by atoms with van der Waals surface area (Å²) in [5, 5.41) is 11.9. The molecular weight excluding hydrogens is 244 g/mol. The van der Waals surface area contributed by atoms with Gasteiger partial charge in [0.2, 0.25) is 0 Å². The third kappa shape index (κ3) is 4.22. The Morgan fingerprint density at radius 1 is 1.37 bits per heavy atom. The number of hydrogen-bond acceptors (Lipinski definition) is 4. The molecule has 0 unspecified atom stereocenters. The molecule has 0 radical (unpaired) electrons. The van der Waals surface area contributed by atoms with Gasteiger partial charge in [0, 0.05) is 25.7 Å². The first kappa shape index (κ1) is 13.8. The second-order valence-electron chi connectivity index (χ2n) is 4.67. The largest absolute Gasteiger partial charge is 0.445 e. The highest BCUT2D eigenvalue weighted by Crippen LogP contribution is 2.11. The van der Waals surface area contributed by atoms with Crippen molar-refractivity contribution in [2.24, 2.45) is 0 Å². The first-order valence-corrected chi connectivity index (χ1v) is 6.59. The standard InChI is InChI=1S/C14H20N2O3/c17-8-4-7-15-13-9-16(10-13)14(18)19-11-12-5-2-1-3-6-12/h1-3,5-6,13,15,17H,4,7-11H2. The van der Waals surface area contributed by atoms with Crippen LogP contribution in [0.5, 0.6) is 0 Å². The molecule has 1 aromatic rings. The molecule has 0 spiro atoms. The minimum atomic E-state index is -0.260. The number of hydrogen-bond donors (Lipinski definition) is 2. The highest BCUT2D eigenvalue weighted by molar-refractivity contribution is 5.68. The van der Waals surface area contributed by atoms with E-state index in [-0.39, 0.29) is 12.7 Å². The first-order chi connectivity index (χ1) is 9.29. The van der Waals surface area contributed by atoms with Crippen molar-refractivity contribution < 1.29 is 14.6 Å². The number of aliphatic hydroxyl groups is 1. The molecule has 1 aromatic carbocycles. The summed E-state index contributed by atoms with van der Waals surface area (Å²) in [5.41, 5.74) is 0.994. The van der Waals surface area contributed by atoms with Gasteiger partial charge in [0.15, 0.2) is 0 Å². The number of carbonyl (C=O) groups is 1. The molecule has 19 heavy (non-hydrogen) atoms. The Hall–Kier alpha value is -1.59. The van der Waals surface area contributed by atoms with E-state index in [9.17, 15) is 4.79 Å². The van der Waals surface area contributed by atoms with Crippen LogP contribution in [-0.2, 0) is 11.3 Å². The molecule has 1 saturated heterocycles. The maximum Gasteiger partial charge on any atom is 0.410 e. The van der Waals surface area contributed by atoms with Crippen LogP contribution in [-0.4, -0.2) is 48.4 Å². The fourth-order valence-corrected chi connectivity index (χ4v) is 1.95. The van der Waals surface area contributed by atoms with Gasteiger partial charge in [-0.15, -0.1) is 0 Å². The Bertz CT molecular complexity index is 391. The number of rotatable bonds is 6. The predicted octanol–water partition coefficient (Wildman–Crippen LogP) is 0.979. The predicted molar refractivity (Wildman–Crippen MR) is 71.7 cm³/mol. The van der Waals surface area contributed by atoms with Gasteiger partial charge in [-0.3, -0.25) is 0 Å². The van der Waals surface area contributed by atoms with Gasteiger partial charge in [-0.25, -0.2) is 4.79 Å². The topological polar surface area (TPSA) is 61.8 Å². The van der Waals surface area contributed by atoms with Gasteiger partial charge < -0.3 is 20.1 Å². The molecule has 2 N–H and O–H groups in total. The number of ether oxygens (including phenoxy) is 1. The molecule has 104 valence electrons. The van der Waals surface area contributed by atoms with E-state index in [1.807, 2.05) is 30.3 Å². The smallest absolute Gasteiger partial charge is 0.410 e. The van der Waals surface area contributed by atoms with Crippen molar-refractivity contribution in [1.29, 1.82) is 0 Å². The second kappa shape index (κ2) is 7.11. The molecule has 1 amide bonds. The van der Waals surface area contributed by atoms with Crippen molar-refractivity contribution in [2.45, 2.75) is 19.1 Å². The highest BCUT2D eigenvalue weighted by Gasteiger charge is 2.30. The van der Waals surface area contributed by atoms with E-state index in [1.54, 1.807) is 4.90 Å². The summed E-state index contributed by atoms with van der Waals surface area (Å²) < 4.78 is 5.23. The first-order valence-electron chi connectivity index (χ1n) is 6.59. The lowest BCUT2D eigenvalue weighted by molar-refractivity contribution is 0.0600. The van der Waals surface area contributed by atoms with Crippen LogP contribution in [0.4, 0.5) is 4.79 Å². The zero-order chi connectivity index (χ0) is 13.5. The number of amides is 1. The zero-order valence-corrected chi connectivity index (χ0v) is 10.9. The number of nitrogens with one attached hydrogen (secondary N) is 1. The lowest BCUT2D eigenvalue weighted by Gasteiger charge is -2.38. The van der Waals surface area contributed by atoms with Gasteiger partial charge in [-0.1, -0.05) is 30.3 Å². The van der Waals surface area contributed by atoms with Crippen LogP contribution >= 0.6 is 0 Å². The zero-order valence-electron chi connectivity index (χ0n) is 10.9. The van der Waals surface area contributed by atoms with E-state index in [2.05, 4.69) is 5.32 Å². The Balaban J connectivity index is 1.61. The Morgan fingerprint density at radius 3 is 2.79 bits per heavy atom. The fraction of sp³-hybridized carbons (Fsp3) is 0.500. The van der Waals surface area contributed by atoms with E-state index in [0.717, 1.165) is 18.5 Å². The minimum Gasteiger partial charge on any atom is -0.445 e.